The van der Waals surface area contributed by atoms with Crippen LogP contribution in [0.25, 0.3) is 11.1 Å². The number of rotatable bonds is 9. The maximum Gasteiger partial charge on any atom is 0.251 e. The molecule has 0 bridgehead atoms. The second-order valence-electron chi connectivity index (χ2n) is 7.06. The standard InChI is InChI=1S/C23H27ClN2OS/c1-3-4-5-12-20-22(18-10-6-7-11-19(18)24)21(23(25)27)16(2)26(20)14-13-17-9-8-15-28-17/h6-11,15H,3-5,12-14H2,1-2H3,(H2,25,27). The van der Waals surface area contributed by atoms with Crippen molar-refractivity contribution in [3.05, 3.63) is 68.6 Å². The van der Waals surface area contributed by atoms with Crippen LogP contribution in [-0.4, -0.2) is 10.5 Å². The molecule has 1 aromatic carbocycles. The van der Waals surface area contributed by atoms with Crippen molar-refractivity contribution in [2.45, 2.75) is 52.5 Å². The number of unbranched alkanes of at least 4 members (excludes halogenated alkanes) is 2. The first kappa shape index (κ1) is 20.7. The second-order valence-corrected chi connectivity index (χ2v) is 8.50. The van der Waals surface area contributed by atoms with Crippen LogP contribution >= 0.6 is 22.9 Å². The van der Waals surface area contributed by atoms with E-state index in [2.05, 4.69) is 29.0 Å². The van der Waals surface area contributed by atoms with Crippen molar-refractivity contribution in [1.82, 2.24) is 4.57 Å². The van der Waals surface area contributed by atoms with Crippen LogP contribution in [0.1, 0.15) is 52.8 Å². The monoisotopic (exact) mass is 414 g/mol. The molecule has 0 aliphatic heterocycles. The molecule has 3 rings (SSSR count). The molecular formula is C23H27ClN2OS. The predicted molar refractivity (Wildman–Crippen MR) is 119 cm³/mol. The van der Waals surface area contributed by atoms with Gasteiger partial charge < -0.3 is 10.3 Å². The SMILES string of the molecule is CCCCCc1c(-c2ccccc2Cl)c(C(N)=O)c(C)n1CCc1cccs1. The summed E-state index contributed by atoms with van der Waals surface area (Å²) in [5, 5.41) is 2.75. The molecular weight excluding hydrogens is 388 g/mol. The van der Waals surface area contributed by atoms with Gasteiger partial charge in [-0.2, -0.15) is 0 Å². The van der Waals surface area contributed by atoms with Crippen LogP contribution in [0.3, 0.4) is 0 Å². The van der Waals surface area contributed by atoms with E-state index >= 15 is 0 Å². The Morgan fingerprint density at radius 3 is 2.57 bits per heavy atom. The third-order valence-corrected chi connectivity index (χ3v) is 6.47. The lowest BCUT2D eigenvalue weighted by atomic mass is 9.97. The summed E-state index contributed by atoms with van der Waals surface area (Å²) in [6, 6.07) is 12.0. The van der Waals surface area contributed by atoms with Gasteiger partial charge in [0, 0.05) is 39.0 Å². The van der Waals surface area contributed by atoms with Crippen LogP contribution in [0.2, 0.25) is 5.02 Å². The van der Waals surface area contributed by atoms with E-state index in [0.717, 1.165) is 55.5 Å². The Bertz CT molecular complexity index is 944. The molecule has 0 saturated carbocycles. The zero-order valence-corrected chi connectivity index (χ0v) is 18.1. The highest BCUT2D eigenvalue weighted by molar-refractivity contribution is 7.09. The number of hydrogen-bond donors (Lipinski definition) is 1. The molecule has 0 radical (unpaired) electrons. The van der Waals surface area contributed by atoms with Crippen LogP contribution in [0.15, 0.2) is 41.8 Å². The quantitative estimate of drug-likeness (QED) is 0.413. The summed E-state index contributed by atoms with van der Waals surface area (Å²) in [6.07, 6.45) is 5.23. The van der Waals surface area contributed by atoms with Crippen molar-refractivity contribution in [2.75, 3.05) is 0 Å². The summed E-state index contributed by atoms with van der Waals surface area (Å²) in [5.41, 5.74) is 10.4. The molecule has 3 aromatic rings. The Morgan fingerprint density at radius 2 is 1.93 bits per heavy atom. The second kappa shape index (κ2) is 9.44. The first-order chi connectivity index (χ1) is 13.5. The van der Waals surface area contributed by atoms with E-state index in [1.807, 2.05) is 31.2 Å². The average Bonchev–Trinajstić information content (AvgIpc) is 3.27. The topological polar surface area (TPSA) is 48.0 Å². The number of halogens is 1. The highest BCUT2D eigenvalue weighted by Crippen LogP contribution is 2.37. The first-order valence-corrected chi connectivity index (χ1v) is 11.1. The maximum absolute atomic E-state index is 12.4. The molecule has 0 aliphatic carbocycles. The number of aromatic nitrogens is 1. The lowest BCUT2D eigenvalue weighted by Crippen LogP contribution is -2.13. The van der Waals surface area contributed by atoms with Gasteiger partial charge in [0.2, 0.25) is 0 Å². The summed E-state index contributed by atoms with van der Waals surface area (Å²) in [5.74, 6) is -0.390. The minimum Gasteiger partial charge on any atom is -0.366 e. The Kier molecular flexibility index (Phi) is 6.97. The summed E-state index contributed by atoms with van der Waals surface area (Å²) >= 11 is 8.29. The highest BCUT2D eigenvalue weighted by Gasteiger charge is 2.25. The van der Waals surface area contributed by atoms with Gasteiger partial charge in [0.05, 0.1) is 5.56 Å². The van der Waals surface area contributed by atoms with Crippen LogP contribution in [0, 0.1) is 6.92 Å². The molecule has 148 valence electrons. The molecule has 0 atom stereocenters. The van der Waals surface area contributed by atoms with Crippen LogP contribution in [0.5, 0.6) is 0 Å². The largest absolute Gasteiger partial charge is 0.366 e. The average molecular weight is 415 g/mol. The molecule has 0 saturated heterocycles. The van der Waals surface area contributed by atoms with Crippen molar-refractivity contribution < 1.29 is 4.79 Å². The van der Waals surface area contributed by atoms with Crippen molar-refractivity contribution in [3.63, 3.8) is 0 Å². The molecule has 3 nitrogen and oxygen atoms in total. The zero-order valence-electron chi connectivity index (χ0n) is 16.5. The van der Waals surface area contributed by atoms with Crippen molar-refractivity contribution in [3.8, 4) is 11.1 Å². The number of thiophene rings is 1. The van der Waals surface area contributed by atoms with Gasteiger partial charge >= 0.3 is 0 Å². The molecule has 0 spiro atoms. The number of benzene rings is 1. The van der Waals surface area contributed by atoms with Crippen molar-refractivity contribution in [2.24, 2.45) is 5.73 Å². The zero-order chi connectivity index (χ0) is 20.1. The fourth-order valence-electron chi connectivity index (χ4n) is 3.84. The highest BCUT2D eigenvalue weighted by atomic mass is 35.5. The Labute approximate surface area is 176 Å². The van der Waals surface area contributed by atoms with Gasteiger partial charge in [-0.15, -0.1) is 11.3 Å². The summed E-state index contributed by atoms with van der Waals surface area (Å²) in [4.78, 5) is 13.8. The molecule has 5 heteroatoms. The van der Waals surface area contributed by atoms with Crippen LogP contribution in [0.4, 0.5) is 0 Å². The Morgan fingerprint density at radius 1 is 1.14 bits per heavy atom. The fraction of sp³-hybridized carbons (Fsp3) is 0.348. The molecule has 0 aliphatic rings. The fourth-order valence-corrected chi connectivity index (χ4v) is 4.76. The van der Waals surface area contributed by atoms with Gasteiger partial charge in [0.25, 0.3) is 5.91 Å². The molecule has 2 N–H and O–H groups in total. The number of carbonyl (C=O) groups is 1. The van der Waals surface area contributed by atoms with Gasteiger partial charge in [-0.1, -0.05) is 55.6 Å². The lowest BCUT2D eigenvalue weighted by Gasteiger charge is -2.13. The van der Waals surface area contributed by atoms with E-state index in [4.69, 9.17) is 17.3 Å². The number of hydrogen-bond acceptors (Lipinski definition) is 2. The minimum atomic E-state index is -0.390. The molecule has 2 heterocycles. The van der Waals surface area contributed by atoms with E-state index in [9.17, 15) is 4.79 Å². The molecule has 2 aromatic heterocycles. The van der Waals surface area contributed by atoms with E-state index < -0.39 is 0 Å². The predicted octanol–water partition coefficient (Wildman–Crippen LogP) is 6.25. The number of carbonyl (C=O) groups excluding carboxylic acids is 1. The van der Waals surface area contributed by atoms with Crippen LogP contribution in [-0.2, 0) is 19.4 Å². The van der Waals surface area contributed by atoms with Crippen molar-refractivity contribution >= 4 is 28.8 Å². The van der Waals surface area contributed by atoms with Gasteiger partial charge in [-0.25, -0.2) is 0 Å². The molecule has 0 fully saturated rings. The number of amides is 1. The third-order valence-electron chi connectivity index (χ3n) is 5.20. The van der Waals surface area contributed by atoms with E-state index in [1.54, 1.807) is 11.3 Å². The number of nitrogens with two attached hydrogens (primary N) is 1. The Hall–Kier alpha value is -2.04. The smallest absolute Gasteiger partial charge is 0.251 e. The number of nitrogens with zero attached hydrogens (tertiary/aromatic N) is 1. The third kappa shape index (κ3) is 4.34. The minimum absolute atomic E-state index is 0.390. The van der Waals surface area contributed by atoms with Gasteiger partial charge in [-0.3, -0.25) is 4.79 Å². The Balaban J connectivity index is 2.12. The molecule has 1 amide bonds. The van der Waals surface area contributed by atoms with Gasteiger partial charge in [0.15, 0.2) is 0 Å². The van der Waals surface area contributed by atoms with E-state index in [0.29, 0.717) is 10.6 Å². The summed E-state index contributed by atoms with van der Waals surface area (Å²) in [6.45, 7) is 5.03. The van der Waals surface area contributed by atoms with Gasteiger partial charge in [0.1, 0.15) is 0 Å². The summed E-state index contributed by atoms with van der Waals surface area (Å²) in [7, 11) is 0. The number of primary amides is 1. The summed E-state index contributed by atoms with van der Waals surface area (Å²) < 4.78 is 2.29. The van der Waals surface area contributed by atoms with Crippen molar-refractivity contribution in [1.29, 1.82) is 0 Å². The van der Waals surface area contributed by atoms with Crippen LogP contribution < -0.4 is 5.73 Å². The van der Waals surface area contributed by atoms with E-state index in [-0.39, 0.29) is 5.91 Å². The van der Waals surface area contributed by atoms with E-state index in [1.165, 1.54) is 10.6 Å². The first-order valence-electron chi connectivity index (χ1n) is 9.83. The maximum atomic E-state index is 12.4. The molecule has 0 unspecified atom stereocenters. The number of aryl methyl sites for hydroxylation is 1. The van der Waals surface area contributed by atoms with Gasteiger partial charge in [-0.05, 0) is 43.7 Å². The normalized spacial score (nSPS) is 11.1. The molecule has 28 heavy (non-hydrogen) atoms. The lowest BCUT2D eigenvalue weighted by molar-refractivity contribution is 0.1000.